The summed E-state index contributed by atoms with van der Waals surface area (Å²) in [5.41, 5.74) is 0.253. The molecule has 0 unspecified atom stereocenters. The zero-order chi connectivity index (χ0) is 17.0. The van der Waals surface area contributed by atoms with Crippen LogP contribution < -0.4 is 5.32 Å². The van der Waals surface area contributed by atoms with Gasteiger partial charge < -0.3 is 5.32 Å². The van der Waals surface area contributed by atoms with E-state index in [1.54, 1.807) is 18.2 Å². The van der Waals surface area contributed by atoms with Crippen molar-refractivity contribution in [3.05, 3.63) is 57.8 Å². The molecule has 1 N–H and O–H groups in total. The Kier molecular flexibility index (Phi) is 6.04. The van der Waals surface area contributed by atoms with Crippen LogP contribution in [0.25, 0.3) is 0 Å². The van der Waals surface area contributed by atoms with Crippen LogP contribution in [0.1, 0.15) is 17.3 Å². The van der Waals surface area contributed by atoms with Crippen LogP contribution in [0, 0.1) is 5.82 Å². The lowest BCUT2D eigenvalue weighted by Crippen LogP contribution is -2.09. The normalized spacial score (nSPS) is 10.4. The van der Waals surface area contributed by atoms with Gasteiger partial charge in [-0.15, -0.1) is 11.8 Å². The Hall–Kier alpha value is -1.56. The average molecular weight is 372 g/mol. The summed E-state index contributed by atoms with van der Waals surface area (Å²) >= 11 is 13.2. The topological polar surface area (TPSA) is 46.2 Å². The van der Waals surface area contributed by atoms with E-state index in [1.165, 1.54) is 19.1 Å². The van der Waals surface area contributed by atoms with Gasteiger partial charge in [-0.1, -0.05) is 29.3 Å². The van der Waals surface area contributed by atoms with Crippen molar-refractivity contribution in [2.75, 3.05) is 11.1 Å². The van der Waals surface area contributed by atoms with E-state index in [4.69, 9.17) is 23.2 Å². The molecule has 1 amide bonds. The van der Waals surface area contributed by atoms with Gasteiger partial charge >= 0.3 is 0 Å². The highest BCUT2D eigenvalue weighted by molar-refractivity contribution is 8.00. The van der Waals surface area contributed by atoms with Gasteiger partial charge in [0.05, 0.1) is 21.4 Å². The largest absolute Gasteiger partial charge is 0.326 e. The van der Waals surface area contributed by atoms with Crippen molar-refractivity contribution in [2.24, 2.45) is 0 Å². The number of amides is 1. The smallest absolute Gasteiger partial charge is 0.221 e. The van der Waals surface area contributed by atoms with E-state index in [-0.39, 0.29) is 17.2 Å². The number of carbonyl (C=O) groups excluding carboxylic acids is 2. The predicted octanol–water partition coefficient (Wildman–Crippen LogP) is 5.07. The number of halogens is 3. The van der Waals surface area contributed by atoms with Crippen molar-refractivity contribution in [1.82, 2.24) is 0 Å². The second-order valence-corrected chi connectivity index (χ2v) is 6.44. The molecule has 0 heterocycles. The first kappa shape index (κ1) is 17.8. The molecule has 0 saturated heterocycles. The Morgan fingerprint density at radius 3 is 2.39 bits per heavy atom. The third-order valence-corrected chi connectivity index (χ3v) is 4.85. The minimum absolute atomic E-state index is 0.000142. The summed E-state index contributed by atoms with van der Waals surface area (Å²) in [5, 5.41) is 3.34. The number of benzene rings is 2. The minimum Gasteiger partial charge on any atom is -0.326 e. The standard InChI is InChI=1S/C16H12Cl2FNO2S/c1-9(21)20-10-5-6-11(14(19)7-10)15(22)8-23-16-12(17)3-2-4-13(16)18/h2-7H,8H2,1H3,(H,20,21). The maximum atomic E-state index is 14.0. The summed E-state index contributed by atoms with van der Waals surface area (Å²) in [6.45, 7) is 1.32. The highest BCUT2D eigenvalue weighted by Crippen LogP contribution is 2.34. The summed E-state index contributed by atoms with van der Waals surface area (Å²) < 4.78 is 14.0. The summed E-state index contributed by atoms with van der Waals surface area (Å²) in [6.07, 6.45) is 0. The number of anilines is 1. The number of carbonyl (C=O) groups is 2. The first-order valence-corrected chi connectivity index (χ1v) is 8.30. The molecule has 0 aromatic heterocycles. The zero-order valence-electron chi connectivity index (χ0n) is 12.0. The molecule has 0 aliphatic rings. The first-order chi connectivity index (χ1) is 10.9. The molecular formula is C16H12Cl2FNO2S. The molecule has 0 bridgehead atoms. The van der Waals surface area contributed by atoms with E-state index >= 15 is 0 Å². The van der Waals surface area contributed by atoms with Crippen LogP contribution in [-0.2, 0) is 4.79 Å². The molecule has 0 aliphatic carbocycles. The predicted molar refractivity (Wildman–Crippen MR) is 92.2 cm³/mol. The molecule has 0 aliphatic heterocycles. The molecule has 2 aromatic carbocycles. The van der Waals surface area contributed by atoms with Crippen molar-refractivity contribution in [3.63, 3.8) is 0 Å². The quantitative estimate of drug-likeness (QED) is 0.589. The highest BCUT2D eigenvalue weighted by Gasteiger charge is 2.15. The Bertz CT molecular complexity index is 747. The van der Waals surface area contributed by atoms with Gasteiger partial charge in [0.1, 0.15) is 5.82 Å². The van der Waals surface area contributed by atoms with E-state index in [2.05, 4.69) is 5.32 Å². The van der Waals surface area contributed by atoms with E-state index < -0.39 is 11.6 Å². The Labute approximate surface area is 147 Å². The number of Topliss-reactive ketones (excluding diaryl/α,β-unsaturated/α-hetero) is 1. The molecule has 7 heteroatoms. The lowest BCUT2D eigenvalue weighted by molar-refractivity contribution is -0.114. The SMILES string of the molecule is CC(=O)Nc1ccc(C(=O)CSc2c(Cl)cccc2Cl)c(F)c1. The van der Waals surface area contributed by atoms with Crippen LogP contribution in [0.3, 0.4) is 0 Å². The summed E-state index contributed by atoms with van der Waals surface area (Å²) in [7, 11) is 0. The van der Waals surface area contributed by atoms with Gasteiger partial charge in [0, 0.05) is 17.5 Å². The zero-order valence-corrected chi connectivity index (χ0v) is 14.4. The number of nitrogens with one attached hydrogen (secondary N) is 1. The molecular weight excluding hydrogens is 360 g/mol. The third-order valence-electron chi connectivity index (χ3n) is 2.86. The van der Waals surface area contributed by atoms with Crippen LogP contribution in [0.4, 0.5) is 10.1 Å². The highest BCUT2D eigenvalue weighted by atomic mass is 35.5. The van der Waals surface area contributed by atoms with Crippen LogP contribution in [0.15, 0.2) is 41.3 Å². The van der Waals surface area contributed by atoms with Crippen molar-refractivity contribution < 1.29 is 14.0 Å². The van der Waals surface area contributed by atoms with Crippen LogP contribution in [0.5, 0.6) is 0 Å². The van der Waals surface area contributed by atoms with Gasteiger partial charge in [-0.25, -0.2) is 4.39 Å². The van der Waals surface area contributed by atoms with Gasteiger partial charge in [-0.3, -0.25) is 9.59 Å². The van der Waals surface area contributed by atoms with Gasteiger partial charge in [-0.2, -0.15) is 0 Å². The Morgan fingerprint density at radius 1 is 1.17 bits per heavy atom. The van der Waals surface area contributed by atoms with Gasteiger partial charge in [0.15, 0.2) is 5.78 Å². The molecule has 0 saturated carbocycles. The maximum absolute atomic E-state index is 14.0. The Balaban J connectivity index is 2.10. The van der Waals surface area contributed by atoms with E-state index in [1.807, 2.05) is 0 Å². The number of thioether (sulfide) groups is 1. The minimum atomic E-state index is -0.688. The van der Waals surface area contributed by atoms with Crippen LogP contribution >= 0.6 is 35.0 Å². The van der Waals surface area contributed by atoms with E-state index in [9.17, 15) is 14.0 Å². The van der Waals surface area contributed by atoms with Crippen molar-refractivity contribution in [2.45, 2.75) is 11.8 Å². The molecule has 0 spiro atoms. The van der Waals surface area contributed by atoms with Crippen molar-refractivity contribution in [3.8, 4) is 0 Å². The van der Waals surface area contributed by atoms with Gasteiger partial charge in [0.25, 0.3) is 0 Å². The van der Waals surface area contributed by atoms with E-state index in [0.717, 1.165) is 17.8 Å². The van der Waals surface area contributed by atoms with Crippen molar-refractivity contribution in [1.29, 1.82) is 0 Å². The molecule has 23 heavy (non-hydrogen) atoms. The number of rotatable bonds is 5. The molecule has 0 radical (unpaired) electrons. The van der Waals surface area contributed by atoms with Crippen LogP contribution in [-0.4, -0.2) is 17.4 Å². The fourth-order valence-corrected chi connectivity index (χ4v) is 3.43. The summed E-state index contributed by atoms with van der Waals surface area (Å²) in [6, 6.07) is 8.98. The second kappa shape index (κ2) is 7.81. The molecule has 2 aromatic rings. The molecule has 120 valence electrons. The lowest BCUT2D eigenvalue weighted by Gasteiger charge is -2.08. The first-order valence-electron chi connectivity index (χ1n) is 6.55. The number of hydrogen-bond acceptors (Lipinski definition) is 3. The number of hydrogen-bond donors (Lipinski definition) is 1. The maximum Gasteiger partial charge on any atom is 0.221 e. The van der Waals surface area contributed by atoms with Gasteiger partial charge in [0.2, 0.25) is 5.91 Å². The fourth-order valence-electron chi connectivity index (χ4n) is 1.86. The lowest BCUT2D eigenvalue weighted by atomic mass is 10.1. The fraction of sp³-hybridized carbons (Fsp3) is 0.125. The van der Waals surface area contributed by atoms with E-state index in [0.29, 0.717) is 20.6 Å². The molecule has 0 fully saturated rings. The monoisotopic (exact) mass is 371 g/mol. The second-order valence-electron chi connectivity index (χ2n) is 4.64. The summed E-state index contributed by atoms with van der Waals surface area (Å²) in [4.78, 5) is 23.7. The molecule has 0 atom stereocenters. The Morgan fingerprint density at radius 2 is 1.83 bits per heavy atom. The van der Waals surface area contributed by atoms with Crippen molar-refractivity contribution >= 4 is 52.3 Å². The molecule has 2 rings (SSSR count). The van der Waals surface area contributed by atoms with Gasteiger partial charge in [-0.05, 0) is 30.3 Å². The average Bonchev–Trinajstić information content (AvgIpc) is 2.46. The van der Waals surface area contributed by atoms with Crippen LogP contribution in [0.2, 0.25) is 10.0 Å². The summed E-state index contributed by atoms with van der Waals surface area (Å²) in [5.74, 6) is -1.39. The third kappa shape index (κ3) is 4.70. The molecule has 3 nitrogen and oxygen atoms in total. The number of ketones is 1.